The van der Waals surface area contributed by atoms with Gasteiger partial charge in [0.1, 0.15) is 0 Å². The fourth-order valence-corrected chi connectivity index (χ4v) is 1.65. The molecule has 3 nitrogen and oxygen atoms in total. The number of hydrogen-bond donors (Lipinski definition) is 1. The summed E-state index contributed by atoms with van der Waals surface area (Å²) in [7, 11) is 0. The van der Waals surface area contributed by atoms with E-state index in [9.17, 15) is 4.79 Å². The van der Waals surface area contributed by atoms with Crippen LogP contribution in [0.5, 0.6) is 0 Å². The van der Waals surface area contributed by atoms with E-state index in [0.717, 1.165) is 24.3 Å². The number of carboxylic acid groups (broad SMARTS) is 1. The van der Waals surface area contributed by atoms with E-state index in [1.54, 1.807) is 6.07 Å². The lowest BCUT2D eigenvalue weighted by atomic mass is 10.1. The second-order valence-electron chi connectivity index (χ2n) is 3.50. The van der Waals surface area contributed by atoms with E-state index in [2.05, 4.69) is 4.90 Å². The van der Waals surface area contributed by atoms with Crippen LogP contribution in [0, 0.1) is 6.92 Å². The Labute approximate surface area is 90.3 Å². The number of nitrogens with zero attached hydrogens (tertiary/aromatic N) is 1. The molecule has 0 fully saturated rings. The van der Waals surface area contributed by atoms with Crippen molar-refractivity contribution in [2.45, 2.75) is 20.8 Å². The molecule has 0 amide bonds. The highest BCUT2D eigenvalue weighted by Crippen LogP contribution is 2.22. The van der Waals surface area contributed by atoms with Gasteiger partial charge in [-0.3, -0.25) is 0 Å². The van der Waals surface area contributed by atoms with Crippen molar-refractivity contribution in [3.8, 4) is 0 Å². The van der Waals surface area contributed by atoms with Crippen LogP contribution >= 0.6 is 0 Å². The van der Waals surface area contributed by atoms with Crippen molar-refractivity contribution in [2.24, 2.45) is 0 Å². The molecule has 0 radical (unpaired) electrons. The van der Waals surface area contributed by atoms with Crippen LogP contribution in [0.3, 0.4) is 0 Å². The number of anilines is 1. The third-order valence-corrected chi connectivity index (χ3v) is 2.49. The van der Waals surface area contributed by atoms with Gasteiger partial charge >= 0.3 is 5.97 Å². The molecule has 15 heavy (non-hydrogen) atoms. The zero-order chi connectivity index (χ0) is 11.4. The molecule has 1 aromatic rings. The Morgan fingerprint density at radius 1 is 1.33 bits per heavy atom. The van der Waals surface area contributed by atoms with Crippen LogP contribution in [0.15, 0.2) is 18.2 Å². The monoisotopic (exact) mass is 207 g/mol. The van der Waals surface area contributed by atoms with Gasteiger partial charge in [-0.05, 0) is 38.5 Å². The Morgan fingerprint density at radius 2 is 1.93 bits per heavy atom. The molecule has 0 aliphatic heterocycles. The average molecular weight is 207 g/mol. The van der Waals surface area contributed by atoms with Crippen molar-refractivity contribution in [3.63, 3.8) is 0 Å². The predicted octanol–water partition coefficient (Wildman–Crippen LogP) is 2.54. The first-order chi connectivity index (χ1) is 7.10. The van der Waals surface area contributed by atoms with Gasteiger partial charge < -0.3 is 10.0 Å². The van der Waals surface area contributed by atoms with Gasteiger partial charge in [0, 0.05) is 13.1 Å². The lowest BCUT2D eigenvalue weighted by molar-refractivity contribution is 0.0697. The molecule has 1 aromatic carbocycles. The number of carboxylic acids is 1. The zero-order valence-corrected chi connectivity index (χ0v) is 9.45. The smallest absolute Gasteiger partial charge is 0.337 e. The fourth-order valence-electron chi connectivity index (χ4n) is 1.65. The van der Waals surface area contributed by atoms with Crippen LogP contribution in [0.4, 0.5) is 5.69 Å². The summed E-state index contributed by atoms with van der Waals surface area (Å²) in [5.74, 6) is -0.864. The first-order valence-corrected chi connectivity index (χ1v) is 5.19. The summed E-state index contributed by atoms with van der Waals surface area (Å²) in [5, 5.41) is 9.07. The van der Waals surface area contributed by atoms with Gasteiger partial charge in [0.05, 0.1) is 11.3 Å². The standard InChI is InChI=1S/C12H17NO2/c1-4-13(5-2)11-8-9(3)6-7-10(11)12(14)15/h6-8H,4-5H2,1-3H3,(H,14,15). The summed E-state index contributed by atoms with van der Waals surface area (Å²) < 4.78 is 0. The molecular weight excluding hydrogens is 190 g/mol. The molecule has 0 aromatic heterocycles. The average Bonchev–Trinajstić information content (AvgIpc) is 2.19. The number of hydrogen-bond acceptors (Lipinski definition) is 2. The van der Waals surface area contributed by atoms with Gasteiger partial charge in [0.2, 0.25) is 0 Å². The van der Waals surface area contributed by atoms with Crippen LogP contribution < -0.4 is 4.90 Å². The van der Waals surface area contributed by atoms with Gasteiger partial charge in [-0.15, -0.1) is 0 Å². The molecule has 82 valence electrons. The topological polar surface area (TPSA) is 40.5 Å². The number of rotatable bonds is 4. The third kappa shape index (κ3) is 2.49. The molecular formula is C12H17NO2. The van der Waals surface area contributed by atoms with Crippen LogP contribution in [-0.4, -0.2) is 24.2 Å². The van der Waals surface area contributed by atoms with Crippen LogP contribution in [0.1, 0.15) is 29.8 Å². The number of aryl methyl sites for hydroxylation is 1. The van der Waals surface area contributed by atoms with E-state index in [1.807, 2.05) is 32.9 Å². The highest BCUT2D eigenvalue weighted by Gasteiger charge is 2.13. The zero-order valence-electron chi connectivity index (χ0n) is 9.45. The van der Waals surface area contributed by atoms with Gasteiger partial charge in [0.15, 0.2) is 0 Å². The lowest BCUT2D eigenvalue weighted by Crippen LogP contribution is -2.24. The van der Waals surface area contributed by atoms with Gasteiger partial charge in [-0.2, -0.15) is 0 Å². The Hall–Kier alpha value is -1.51. The number of carbonyl (C=O) groups is 1. The van der Waals surface area contributed by atoms with Crippen LogP contribution in [-0.2, 0) is 0 Å². The highest BCUT2D eigenvalue weighted by atomic mass is 16.4. The minimum atomic E-state index is -0.864. The first-order valence-electron chi connectivity index (χ1n) is 5.19. The van der Waals surface area contributed by atoms with E-state index in [0.29, 0.717) is 5.56 Å². The molecule has 0 heterocycles. The Kier molecular flexibility index (Phi) is 3.72. The second kappa shape index (κ2) is 4.82. The van der Waals surface area contributed by atoms with Crippen LogP contribution in [0.25, 0.3) is 0 Å². The van der Waals surface area contributed by atoms with Gasteiger partial charge in [-0.1, -0.05) is 6.07 Å². The Morgan fingerprint density at radius 3 is 2.40 bits per heavy atom. The maximum absolute atomic E-state index is 11.0. The Bertz CT molecular complexity index is 357. The molecule has 0 bridgehead atoms. The summed E-state index contributed by atoms with van der Waals surface area (Å²) in [5.41, 5.74) is 2.28. The second-order valence-corrected chi connectivity index (χ2v) is 3.50. The van der Waals surface area contributed by atoms with E-state index in [4.69, 9.17) is 5.11 Å². The molecule has 0 spiro atoms. The molecule has 0 saturated carbocycles. The Balaban J connectivity index is 3.22. The molecule has 1 N–H and O–H groups in total. The minimum Gasteiger partial charge on any atom is -0.478 e. The summed E-state index contributed by atoms with van der Waals surface area (Å²) in [6.45, 7) is 7.66. The van der Waals surface area contributed by atoms with E-state index < -0.39 is 5.97 Å². The van der Waals surface area contributed by atoms with E-state index in [-0.39, 0.29) is 0 Å². The van der Waals surface area contributed by atoms with Crippen molar-refractivity contribution in [3.05, 3.63) is 29.3 Å². The van der Waals surface area contributed by atoms with Crippen LogP contribution in [0.2, 0.25) is 0 Å². The summed E-state index contributed by atoms with van der Waals surface area (Å²) in [6, 6.07) is 5.43. The SMILES string of the molecule is CCN(CC)c1cc(C)ccc1C(=O)O. The van der Waals surface area contributed by atoms with Crippen molar-refractivity contribution in [1.29, 1.82) is 0 Å². The first kappa shape index (κ1) is 11.6. The largest absolute Gasteiger partial charge is 0.478 e. The number of benzene rings is 1. The minimum absolute atomic E-state index is 0.379. The maximum Gasteiger partial charge on any atom is 0.337 e. The predicted molar refractivity (Wildman–Crippen MR) is 61.7 cm³/mol. The van der Waals surface area contributed by atoms with E-state index >= 15 is 0 Å². The van der Waals surface area contributed by atoms with Gasteiger partial charge in [-0.25, -0.2) is 4.79 Å². The molecule has 0 unspecified atom stereocenters. The molecule has 0 atom stereocenters. The summed E-state index contributed by atoms with van der Waals surface area (Å²) >= 11 is 0. The number of aromatic carboxylic acids is 1. The molecule has 0 aliphatic rings. The van der Waals surface area contributed by atoms with Crippen molar-refractivity contribution >= 4 is 11.7 Å². The molecule has 0 saturated heterocycles. The summed E-state index contributed by atoms with van der Waals surface area (Å²) in [4.78, 5) is 13.1. The van der Waals surface area contributed by atoms with Gasteiger partial charge in [0.25, 0.3) is 0 Å². The van der Waals surface area contributed by atoms with E-state index in [1.165, 1.54) is 0 Å². The van der Waals surface area contributed by atoms with Crippen molar-refractivity contribution < 1.29 is 9.90 Å². The van der Waals surface area contributed by atoms with Crippen molar-refractivity contribution in [1.82, 2.24) is 0 Å². The summed E-state index contributed by atoms with van der Waals surface area (Å²) in [6.07, 6.45) is 0. The third-order valence-electron chi connectivity index (χ3n) is 2.49. The quantitative estimate of drug-likeness (QED) is 0.824. The normalized spacial score (nSPS) is 10.1. The fraction of sp³-hybridized carbons (Fsp3) is 0.417. The lowest BCUT2D eigenvalue weighted by Gasteiger charge is -2.23. The molecule has 0 aliphatic carbocycles. The van der Waals surface area contributed by atoms with Crippen molar-refractivity contribution in [2.75, 3.05) is 18.0 Å². The molecule has 1 rings (SSSR count). The maximum atomic E-state index is 11.0. The molecule has 3 heteroatoms. The highest BCUT2D eigenvalue weighted by molar-refractivity contribution is 5.94.